The number of rotatable bonds is 5. The Balaban J connectivity index is 2.27. The van der Waals surface area contributed by atoms with Gasteiger partial charge in [0, 0.05) is 6.16 Å². The Hall–Kier alpha value is -0.430. The normalized spacial score (nSPS) is 12.8. The molecule has 1 aromatic rings. The first-order valence-corrected chi connectivity index (χ1v) is 5.86. The van der Waals surface area contributed by atoms with Crippen molar-refractivity contribution in [3.63, 3.8) is 0 Å². The second-order valence-corrected chi connectivity index (χ2v) is 4.14. The van der Waals surface area contributed by atoms with Crippen molar-refractivity contribution in [2.75, 3.05) is 12.8 Å². The van der Waals surface area contributed by atoms with Gasteiger partial charge in [0.05, 0.1) is 6.61 Å². The summed E-state index contributed by atoms with van der Waals surface area (Å²) in [4.78, 5) is 9.35. The maximum Gasteiger partial charge on any atom is 0.168 e. The Morgan fingerprint density at radius 1 is 1.31 bits per heavy atom. The molecule has 0 saturated heterocycles. The third-order valence-corrected chi connectivity index (χ3v) is 2.88. The van der Waals surface area contributed by atoms with E-state index in [9.17, 15) is 4.89 Å². The van der Waals surface area contributed by atoms with Gasteiger partial charge in [0.25, 0.3) is 0 Å². The van der Waals surface area contributed by atoms with E-state index in [-0.39, 0.29) is 0 Å². The number of benzene rings is 1. The zero-order chi connectivity index (χ0) is 9.52. The van der Waals surface area contributed by atoms with Crippen LogP contribution in [0.1, 0.15) is 12.5 Å². The zero-order valence-electron chi connectivity index (χ0n) is 7.81. The Bertz CT molecular complexity index is 226. The Labute approximate surface area is 80.5 Å². The number of aryl methyl sites for hydroxylation is 1. The molecule has 13 heavy (non-hydrogen) atoms. The Morgan fingerprint density at radius 3 is 2.62 bits per heavy atom. The van der Waals surface area contributed by atoms with Gasteiger partial charge in [-0.1, -0.05) is 30.3 Å². The smallest absolute Gasteiger partial charge is 0.168 e. The molecule has 1 N–H and O–H groups in total. The maximum absolute atomic E-state index is 9.35. The van der Waals surface area contributed by atoms with E-state index in [1.54, 1.807) is 0 Å². The summed E-state index contributed by atoms with van der Waals surface area (Å²) in [6.07, 6.45) is 1.62. The number of hydrogen-bond acceptors (Lipinski definition) is 2. The highest BCUT2D eigenvalue weighted by Crippen LogP contribution is 2.31. The minimum absolute atomic E-state index is 0.594. The molecule has 0 saturated carbocycles. The van der Waals surface area contributed by atoms with Crippen LogP contribution in [-0.4, -0.2) is 17.7 Å². The first-order chi connectivity index (χ1) is 6.33. The minimum atomic E-state index is -1.20. The summed E-state index contributed by atoms with van der Waals surface area (Å²) in [7, 11) is -1.20. The van der Waals surface area contributed by atoms with Gasteiger partial charge in [-0.25, -0.2) is 0 Å². The third kappa shape index (κ3) is 4.37. The molecule has 1 rings (SSSR count). The molecule has 0 bridgehead atoms. The van der Waals surface area contributed by atoms with Crippen LogP contribution in [0.5, 0.6) is 0 Å². The van der Waals surface area contributed by atoms with Crippen molar-refractivity contribution in [3.8, 4) is 0 Å². The first-order valence-electron chi connectivity index (χ1n) is 4.46. The highest BCUT2D eigenvalue weighted by Gasteiger charge is 2.03. The summed E-state index contributed by atoms with van der Waals surface area (Å²) >= 11 is 0. The van der Waals surface area contributed by atoms with Crippen LogP contribution in [0.4, 0.5) is 0 Å². The van der Waals surface area contributed by atoms with Crippen molar-refractivity contribution in [1.29, 1.82) is 0 Å². The lowest BCUT2D eigenvalue weighted by atomic mass is 10.2. The summed E-state index contributed by atoms with van der Waals surface area (Å²) in [5, 5.41) is 0. The van der Waals surface area contributed by atoms with Gasteiger partial charge in [-0.15, -0.1) is 0 Å². The molecule has 0 amide bonds. The van der Waals surface area contributed by atoms with Crippen LogP contribution >= 0.6 is 8.38 Å². The largest absolute Gasteiger partial charge is 0.350 e. The van der Waals surface area contributed by atoms with Crippen molar-refractivity contribution < 1.29 is 9.42 Å². The van der Waals surface area contributed by atoms with E-state index in [1.165, 1.54) is 5.56 Å². The number of hydrogen-bond donors (Lipinski definition) is 1. The quantitative estimate of drug-likeness (QED) is 0.737. The lowest BCUT2D eigenvalue weighted by Crippen LogP contribution is -1.93. The van der Waals surface area contributed by atoms with Gasteiger partial charge in [-0.2, -0.15) is 0 Å². The van der Waals surface area contributed by atoms with Crippen molar-refractivity contribution in [3.05, 3.63) is 35.9 Å². The molecule has 0 aliphatic carbocycles. The second kappa shape index (κ2) is 6.09. The molecule has 1 atom stereocenters. The van der Waals surface area contributed by atoms with Crippen LogP contribution < -0.4 is 0 Å². The molecular formula is C10H15O2P. The van der Waals surface area contributed by atoms with Gasteiger partial charge < -0.3 is 9.42 Å². The molecular weight excluding hydrogens is 183 g/mol. The maximum atomic E-state index is 9.35. The molecule has 0 radical (unpaired) electrons. The first kappa shape index (κ1) is 10.6. The van der Waals surface area contributed by atoms with Gasteiger partial charge in [0.1, 0.15) is 0 Å². The average molecular weight is 198 g/mol. The molecule has 0 aromatic heterocycles. The molecule has 1 aromatic carbocycles. The van der Waals surface area contributed by atoms with E-state index in [0.29, 0.717) is 6.61 Å². The summed E-state index contributed by atoms with van der Waals surface area (Å²) in [5.41, 5.74) is 1.25. The van der Waals surface area contributed by atoms with E-state index in [4.69, 9.17) is 4.52 Å². The standard InChI is InChI=1S/C10H15O2P/c1-2-12-13(11)9-8-10-6-4-3-5-7-10/h3-7,11H,2,8-9H2,1H3. The molecule has 2 nitrogen and oxygen atoms in total. The third-order valence-electron chi connectivity index (χ3n) is 1.71. The molecule has 0 aliphatic rings. The molecule has 1 unspecified atom stereocenters. The van der Waals surface area contributed by atoms with Crippen molar-refractivity contribution in [2.24, 2.45) is 0 Å². The van der Waals surface area contributed by atoms with Crippen LogP contribution in [0.2, 0.25) is 0 Å². The molecule has 0 heterocycles. The fourth-order valence-electron chi connectivity index (χ4n) is 1.08. The van der Waals surface area contributed by atoms with Gasteiger partial charge in [-0.05, 0) is 18.9 Å². The van der Waals surface area contributed by atoms with Gasteiger partial charge in [0.2, 0.25) is 0 Å². The van der Waals surface area contributed by atoms with E-state index >= 15 is 0 Å². The molecule has 3 heteroatoms. The lowest BCUT2D eigenvalue weighted by molar-refractivity contribution is 0.329. The summed E-state index contributed by atoms with van der Waals surface area (Å²) in [6.45, 7) is 2.49. The van der Waals surface area contributed by atoms with Gasteiger partial charge >= 0.3 is 0 Å². The molecule has 0 fully saturated rings. The Kier molecular flexibility index (Phi) is 4.99. The predicted molar refractivity (Wildman–Crippen MR) is 55.8 cm³/mol. The second-order valence-electron chi connectivity index (χ2n) is 2.73. The van der Waals surface area contributed by atoms with Gasteiger partial charge in [-0.3, -0.25) is 0 Å². The van der Waals surface area contributed by atoms with Crippen LogP contribution in [0.25, 0.3) is 0 Å². The fraction of sp³-hybridized carbons (Fsp3) is 0.400. The highest BCUT2D eigenvalue weighted by atomic mass is 31.2. The average Bonchev–Trinajstić information content (AvgIpc) is 2.17. The van der Waals surface area contributed by atoms with E-state index < -0.39 is 8.38 Å². The van der Waals surface area contributed by atoms with E-state index in [2.05, 4.69) is 12.1 Å². The van der Waals surface area contributed by atoms with Gasteiger partial charge in [0.15, 0.2) is 8.38 Å². The van der Waals surface area contributed by atoms with Crippen molar-refractivity contribution in [1.82, 2.24) is 0 Å². The lowest BCUT2D eigenvalue weighted by Gasteiger charge is -2.08. The van der Waals surface area contributed by atoms with Crippen molar-refractivity contribution >= 4 is 8.38 Å². The van der Waals surface area contributed by atoms with Crippen LogP contribution in [-0.2, 0) is 10.9 Å². The summed E-state index contributed by atoms with van der Waals surface area (Å²) in [6, 6.07) is 10.1. The summed E-state index contributed by atoms with van der Waals surface area (Å²) in [5.74, 6) is 0. The molecule has 0 spiro atoms. The molecule has 0 aliphatic heterocycles. The zero-order valence-corrected chi connectivity index (χ0v) is 8.71. The van der Waals surface area contributed by atoms with E-state index in [0.717, 1.165) is 12.6 Å². The fourth-order valence-corrected chi connectivity index (χ4v) is 1.96. The summed E-state index contributed by atoms with van der Waals surface area (Å²) < 4.78 is 5.08. The SMILES string of the molecule is CCOP(O)CCc1ccccc1. The van der Waals surface area contributed by atoms with E-state index in [1.807, 2.05) is 25.1 Å². The highest BCUT2D eigenvalue weighted by molar-refractivity contribution is 7.46. The molecule has 72 valence electrons. The van der Waals surface area contributed by atoms with Crippen molar-refractivity contribution in [2.45, 2.75) is 13.3 Å². The monoisotopic (exact) mass is 198 g/mol. The van der Waals surface area contributed by atoms with Crippen LogP contribution in [0, 0.1) is 0 Å². The Morgan fingerprint density at radius 2 is 2.00 bits per heavy atom. The van der Waals surface area contributed by atoms with Crippen LogP contribution in [0.15, 0.2) is 30.3 Å². The van der Waals surface area contributed by atoms with Crippen LogP contribution in [0.3, 0.4) is 0 Å². The minimum Gasteiger partial charge on any atom is -0.350 e. The topological polar surface area (TPSA) is 29.5 Å². The predicted octanol–water partition coefficient (Wildman–Crippen LogP) is 2.57.